The van der Waals surface area contributed by atoms with Crippen LogP contribution in [-0.4, -0.2) is 57.1 Å². The van der Waals surface area contributed by atoms with E-state index in [-0.39, 0.29) is 12.4 Å². The maximum atomic E-state index is 13.1. The first-order valence-electron chi connectivity index (χ1n) is 10.4. The minimum absolute atomic E-state index is 0.174. The van der Waals surface area contributed by atoms with Crippen LogP contribution in [0.1, 0.15) is 36.7 Å². The minimum Gasteiger partial charge on any atom is -0.382 e. The van der Waals surface area contributed by atoms with Gasteiger partial charge in [0, 0.05) is 43.9 Å². The van der Waals surface area contributed by atoms with E-state index < -0.39 is 20.8 Å². The Hall–Kier alpha value is -2.92. The van der Waals surface area contributed by atoms with Crippen LogP contribution in [0, 0.1) is 13.8 Å². The molecule has 1 aliphatic rings. The zero-order valence-corrected chi connectivity index (χ0v) is 19.4. The molecule has 0 bridgehead atoms. The molecule has 0 spiro atoms. The Kier molecular flexibility index (Phi) is 5.95. The molecule has 0 aliphatic heterocycles. The van der Waals surface area contributed by atoms with Gasteiger partial charge in [0.15, 0.2) is 5.82 Å². The SMILES string of the molecule is COCC1(n2c(NS(=O)(=O)[C@@H](C)Cc3ncc(C)cn3)nnc2-c2cncc(C)c2)CC1. The summed E-state index contributed by atoms with van der Waals surface area (Å²) in [6.45, 7) is 5.88. The van der Waals surface area contributed by atoms with Crippen molar-refractivity contribution in [2.24, 2.45) is 0 Å². The van der Waals surface area contributed by atoms with Gasteiger partial charge in [0.2, 0.25) is 16.0 Å². The molecule has 1 aliphatic carbocycles. The van der Waals surface area contributed by atoms with E-state index in [4.69, 9.17) is 4.74 Å². The van der Waals surface area contributed by atoms with E-state index in [1.54, 1.807) is 38.8 Å². The molecule has 1 fully saturated rings. The van der Waals surface area contributed by atoms with Crippen molar-refractivity contribution in [1.82, 2.24) is 29.7 Å². The van der Waals surface area contributed by atoms with Crippen molar-refractivity contribution in [1.29, 1.82) is 0 Å². The number of nitrogens with one attached hydrogen (secondary N) is 1. The van der Waals surface area contributed by atoms with E-state index in [0.29, 0.717) is 18.3 Å². The Bertz CT molecular complexity index is 1200. The van der Waals surface area contributed by atoms with Crippen molar-refractivity contribution in [3.05, 3.63) is 47.8 Å². The summed E-state index contributed by atoms with van der Waals surface area (Å²) < 4.78 is 36.2. The first kappa shape index (κ1) is 22.3. The van der Waals surface area contributed by atoms with Crippen molar-refractivity contribution in [3.63, 3.8) is 0 Å². The van der Waals surface area contributed by atoms with Gasteiger partial charge >= 0.3 is 0 Å². The maximum Gasteiger partial charge on any atom is 0.239 e. The zero-order valence-electron chi connectivity index (χ0n) is 18.6. The predicted octanol–water partition coefficient (Wildman–Crippen LogP) is 2.26. The number of ether oxygens (including phenoxy) is 1. The summed E-state index contributed by atoms with van der Waals surface area (Å²) in [7, 11) is -2.15. The van der Waals surface area contributed by atoms with Crippen LogP contribution >= 0.6 is 0 Å². The second-order valence-electron chi connectivity index (χ2n) is 8.43. The lowest BCUT2D eigenvalue weighted by Crippen LogP contribution is -2.32. The highest BCUT2D eigenvalue weighted by Gasteiger charge is 2.48. The first-order valence-corrected chi connectivity index (χ1v) is 11.9. The van der Waals surface area contributed by atoms with Gasteiger partial charge in [0.25, 0.3) is 0 Å². The van der Waals surface area contributed by atoms with E-state index in [1.165, 1.54) is 0 Å². The smallest absolute Gasteiger partial charge is 0.239 e. The third kappa shape index (κ3) is 4.49. The van der Waals surface area contributed by atoms with Crippen LogP contribution in [0.5, 0.6) is 0 Å². The highest BCUT2D eigenvalue weighted by Crippen LogP contribution is 2.47. The van der Waals surface area contributed by atoms with Gasteiger partial charge in [-0.25, -0.2) is 18.4 Å². The Labute approximate surface area is 187 Å². The second-order valence-corrected chi connectivity index (χ2v) is 10.5. The lowest BCUT2D eigenvalue weighted by atomic mass is 10.2. The number of anilines is 1. The molecule has 3 aromatic rings. The van der Waals surface area contributed by atoms with E-state index in [1.807, 2.05) is 24.5 Å². The van der Waals surface area contributed by atoms with Crippen LogP contribution in [0.25, 0.3) is 11.4 Å². The predicted molar refractivity (Wildman–Crippen MR) is 120 cm³/mol. The number of sulfonamides is 1. The molecule has 32 heavy (non-hydrogen) atoms. The Morgan fingerprint density at radius 1 is 1.12 bits per heavy atom. The van der Waals surface area contributed by atoms with Crippen LogP contribution in [0.15, 0.2) is 30.9 Å². The standard InChI is InChI=1S/C21H27N7O3S/c1-14-7-17(12-22-9-14)19-25-26-20(28(19)21(5-6-21)13-31-4)27-32(29,30)16(3)8-18-23-10-15(2)11-24-18/h7,9-12,16H,5-6,8,13H2,1-4H3,(H,26,27)/t16-/m0/s1. The van der Waals surface area contributed by atoms with Crippen LogP contribution in [0.3, 0.4) is 0 Å². The quantitative estimate of drug-likeness (QED) is 0.519. The molecule has 4 rings (SSSR count). The average molecular weight is 458 g/mol. The van der Waals surface area contributed by atoms with Gasteiger partial charge < -0.3 is 4.74 Å². The van der Waals surface area contributed by atoms with Gasteiger partial charge in [-0.2, -0.15) is 0 Å². The number of hydrogen-bond acceptors (Lipinski definition) is 8. The maximum absolute atomic E-state index is 13.1. The zero-order chi connectivity index (χ0) is 22.9. The number of rotatable bonds is 9. The Morgan fingerprint density at radius 3 is 2.47 bits per heavy atom. The fourth-order valence-electron chi connectivity index (χ4n) is 3.63. The fourth-order valence-corrected chi connectivity index (χ4v) is 4.59. The van der Waals surface area contributed by atoms with Crippen molar-refractivity contribution in [3.8, 4) is 11.4 Å². The highest BCUT2D eigenvalue weighted by atomic mass is 32.2. The molecule has 0 amide bonds. The van der Waals surface area contributed by atoms with Crippen LogP contribution < -0.4 is 4.72 Å². The largest absolute Gasteiger partial charge is 0.382 e. The summed E-state index contributed by atoms with van der Waals surface area (Å²) in [5.41, 5.74) is 2.27. The van der Waals surface area contributed by atoms with Gasteiger partial charge in [0.05, 0.1) is 17.4 Å². The molecule has 0 saturated heterocycles. The highest BCUT2D eigenvalue weighted by molar-refractivity contribution is 7.93. The molecule has 1 N–H and O–H groups in total. The Morgan fingerprint density at radius 2 is 1.84 bits per heavy atom. The molecule has 0 aromatic carbocycles. The molecule has 0 unspecified atom stereocenters. The lowest BCUT2D eigenvalue weighted by Gasteiger charge is -2.22. The third-order valence-corrected chi connectivity index (χ3v) is 7.27. The average Bonchev–Trinajstić information content (AvgIpc) is 3.40. The summed E-state index contributed by atoms with van der Waals surface area (Å²) in [6.07, 6.45) is 8.67. The molecule has 10 nitrogen and oxygen atoms in total. The lowest BCUT2D eigenvalue weighted by molar-refractivity contribution is 0.145. The molecular weight excluding hydrogens is 430 g/mol. The number of pyridine rings is 1. The van der Waals surface area contributed by atoms with Gasteiger partial charge in [-0.15, -0.1) is 10.2 Å². The molecule has 0 radical (unpaired) electrons. The number of hydrogen-bond donors (Lipinski definition) is 1. The fraction of sp³-hybridized carbons (Fsp3) is 0.476. The van der Waals surface area contributed by atoms with Crippen molar-refractivity contribution < 1.29 is 13.2 Å². The van der Waals surface area contributed by atoms with Crippen molar-refractivity contribution >= 4 is 16.0 Å². The van der Waals surface area contributed by atoms with Gasteiger partial charge in [-0.3, -0.25) is 14.3 Å². The number of methoxy groups -OCH3 is 1. The number of aryl methyl sites for hydroxylation is 2. The van der Waals surface area contributed by atoms with Crippen molar-refractivity contribution in [2.45, 2.75) is 50.8 Å². The van der Waals surface area contributed by atoms with Crippen LogP contribution in [0.4, 0.5) is 5.95 Å². The third-order valence-electron chi connectivity index (χ3n) is 5.58. The van der Waals surface area contributed by atoms with Crippen LogP contribution in [-0.2, 0) is 26.7 Å². The second kappa shape index (κ2) is 8.55. The molecule has 1 saturated carbocycles. The van der Waals surface area contributed by atoms with Gasteiger partial charge in [-0.05, 0) is 50.8 Å². The summed E-state index contributed by atoms with van der Waals surface area (Å²) in [4.78, 5) is 12.7. The number of nitrogens with zero attached hydrogens (tertiary/aromatic N) is 6. The molecule has 11 heteroatoms. The van der Waals surface area contributed by atoms with Gasteiger partial charge in [-0.1, -0.05) is 0 Å². The topological polar surface area (TPSA) is 125 Å². The normalized spacial score (nSPS) is 16.0. The Balaban J connectivity index is 1.66. The summed E-state index contributed by atoms with van der Waals surface area (Å²) in [5, 5.41) is 7.76. The molecule has 3 heterocycles. The minimum atomic E-state index is -3.78. The van der Waals surface area contributed by atoms with Crippen molar-refractivity contribution in [2.75, 3.05) is 18.4 Å². The molecule has 1 atom stereocenters. The molecule has 3 aromatic heterocycles. The number of aromatic nitrogens is 6. The van der Waals surface area contributed by atoms with E-state index in [2.05, 4.69) is 29.9 Å². The first-order chi connectivity index (χ1) is 15.2. The van der Waals surface area contributed by atoms with Crippen LogP contribution in [0.2, 0.25) is 0 Å². The van der Waals surface area contributed by atoms with E-state index >= 15 is 0 Å². The summed E-state index contributed by atoms with van der Waals surface area (Å²) >= 11 is 0. The molecule has 170 valence electrons. The monoisotopic (exact) mass is 457 g/mol. The summed E-state index contributed by atoms with van der Waals surface area (Å²) in [6, 6.07) is 1.95. The van der Waals surface area contributed by atoms with E-state index in [9.17, 15) is 8.42 Å². The van der Waals surface area contributed by atoms with Gasteiger partial charge in [0.1, 0.15) is 5.82 Å². The molecular formula is C21H27N7O3S. The summed E-state index contributed by atoms with van der Waals surface area (Å²) in [5.74, 6) is 1.20. The van der Waals surface area contributed by atoms with E-state index in [0.717, 1.165) is 29.5 Å².